The minimum atomic E-state index is -0.430. The first-order chi connectivity index (χ1) is 14.6. The average molecular weight is 419 g/mol. The number of nitrogens with one attached hydrogen (secondary N) is 2. The van der Waals surface area contributed by atoms with Crippen LogP contribution in [0, 0.1) is 11.3 Å². The maximum atomic E-state index is 12.8. The standard InChI is InChI=1S/C23H19ClN4O2/c24-15-7-5-6-14(12-15)22(29)28-21-18-11-4-3-10-17(18)20(27-21)19(13-25)23(30)26-16-8-1-2-9-16/h3-7,10-12,16H,1-2,8-9H2,(H,26,30)(H,27,28,29). The Hall–Kier alpha value is -3.43. The van der Waals surface area contributed by atoms with Gasteiger partial charge in [-0.1, -0.05) is 54.8 Å². The van der Waals surface area contributed by atoms with Gasteiger partial charge in [-0.05, 0) is 31.0 Å². The highest BCUT2D eigenvalue weighted by Crippen LogP contribution is 2.31. The highest BCUT2D eigenvalue weighted by Gasteiger charge is 2.28. The van der Waals surface area contributed by atoms with Crippen molar-refractivity contribution in [3.8, 4) is 6.07 Å². The van der Waals surface area contributed by atoms with Crippen molar-refractivity contribution in [2.24, 2.45) is 4.99 Å². The monoisotopic (exact) mass is 418 g/mol. The molecule has 150 valence electrons. The molecule has 2 amide bonds. The molecule has 0 spiro atoms. The second-order valence-electron chi connectivity index (χ2n) is 7.26. The number of carbonyl (C=O) groups is 2. The van der Waals surface area contributed by atoms with E-state index in [0.29, 0.717) is 27.5 Å². The number of nitrogens with zero attached hydrogens (tertiary/aromatic N) is 2. The molecule has 30 heavy (non-hydrogen) atoms. The molecule has 0 atom stereocenters. The number of nitriles is 1. The Morgan fingerprint density at radius 2 is 1.80 bits per heavy atom. The van der Waals surface area contributed by atoms with E-state index in [1.165, 1.54) is 0 Å². The first kappa shape index (κ1) is 19.9. The van der Waals surface area contributed by atoms with E-state index in [2.05, 4.69) is 15.6 Å². The summed E-state index contributed by atoms with van der Waals surface area (Å²) in [6, 6.07) is 15.9. The summed E-state index contributed by atoms with van der Waals surface area (Å²) in [4.78, 5) is 29.9. The maximum absolute atomic E-state index is 12.8. The summed E-state index contributed by atoms with van der Waals surface area (Å²) in [5, 5.41) is 15.9. The molecule has 0 radical (unpaired) electrons. The van der Waals surface area contributed by atoms with Gasteiger partial charge in [-0.25, -0.2) is 4.99 Å². The summed E-state index contributed by atoms with van der Waals surface area (Å²) >= 11 is 5.98. The minimum absolute atomic E-state index is 0.0543. The fourth-order valence-corrected chi connectivity index (χ4v) is 3.95. The topological polar surface area (TPSA) is 94.3 Å². The predicted octanol–water partition coefficient (Wildman–Crippen LogP) is 3.82. The molecular formula is C23H19ClN4O2. The maximum Gasteiger partial charge on any atom is 0.264 e. The molecule has 0 unspecified atom stereocenters. The average Bonchev–Trinajstić information content (AvgIpc) is 3.37. The number of carbonyl (C=O) groups excluding carboxylic acids is 2. The minimum Gasteiger partial charge on any atom is -0.349 e. The fourth-order valence-electron chi connectivity index (χ4n) is 3.76. The molecule has 0 bridgehead atoms. The fraction of sp³-hybridized carbons (Fsp3) is 0.217. The van der Waals surface area contributed by atoms with Crippen LogP contribution in [0.15, 0.2) is 59.1 Å². The van der Waals surface area contributed by atoms with E-state index in [-0.39, 0.29) is 23.2 Å². The van der Waals surface area contributed by atoms with E-state index in [4.69, 9.17) is 11.6 Å². The van der Waals surface area contributed by atoms with Gasteiger partial charge in [0.2, 0.25) is 0 Å². The van der Waals surface area contributed by atoms with Crippen molar-refractivity contribution in [3.63, 3.8) is 0 Å². The Balaban J connectivity index is 1.67. The number of rotatable bonds is 3. The molecule has 2 aromatic carbocycles. The van der Waals surface area contributed by atoms with Gasteiger partial charge in [0.15, 0.2) is 0 Å². The molecule has 1 fully saturated rings. The summed E-state index contributed by atoms with van der Waals surface area (Å²) in [5.74, 6) is -0.506. The van der Waals surface area contributed by atoms with Crippen molar-refractivity contribution in [1.82, 2.24) is 10.6 Å². The van der Waals surface area contributed by atoms with Crippen LogP contribution in [0.3, 0.4) is 0 Å². The number of fused-ring (bicyclic) bond motifs is 1. The molecule has 7 heteroatoms. The summed E-state index contributed by atoms with van der Waals surface area (Å²) in [5.41, 5.74) is 1.90. The number of hydrogen-bond acceptors (Lipinski definition) is 4. The predicted molar refractivity (Wildman–Crippen MR) is 115 cm³/mol. The second-order valence-corrected chi connectivity index (χ2v) is 7.70. The number of aliphatic imine (C=N–C) groups is 1. The Morgan fingerprint density at radius 1 is 1.07 bits per heavy atom. The van der Waals surface area contributed by atoms with Gasteiger partial charge >= 0.3 is 0 Å². The number of hydrogen-bond donors (Lipinski definition) is 2. The van der Waals surface area contributed by atoms with Gasteiger partial charge in [-0.2, -0.15) is 5.26 Å². The van der Waals surface area contributed by atoms with E-state index < -0.39 is 5.91 Å². The second kappa shape index (κ2) is 8.52. The number of amidine groups is 1. The molecule has 2 aliphatic rings. The van der Waals surface area contributed by atoms with E-state index in [1.807, 2.05) is 12.1 Å². The molecule has 2 aromatic rings. The van der Waals surface area contributed by atoms with Crippen LogP contribution in [0.25, 0.3) is 5.70 Å². The van der Waals surface area contributed by atoms with E-state index >= 15 is 0 Å². The molecule has 1 saturated carbocycles. The third kappa shape index (κ3) is 3.98. The van der Waals surface area contributed by atoms with Gasteiger partial charge in [-0.3, -0.25) is 9.59 Å². The zero-order valence-corrected chi connectivity index (χ0v) is 16.9. The highest BCUT2D eigenvalue weighted by atomic mass is 35.5. The van der Waals surface area contributed by atoms with Crippen LogP contribution >= 0.6 is 11.6 Å². The third-order valence-electron chi connectivity index (χ3n) is 5.25. The smallest absolute Gasteiger partial charge is 0.264 e. The Bertz CT molecular complexity index is 1120. The van der Waals surface area contributed by atoms with Crippen LogP contribution in [-0.4, -0.2) is 23.7 Å². The number of amides is 2. The quantitative estimate of drug-likeness (QED) is 0.586. The molecule has 1 heterocycles. The number of halogens is 1. The third-order valence-corrected chi connectivity index (χ3v) is 5.48. The van der Waals surface area contributed by atoms with Crippen LogP contribution in [0.4, 0.5) is 0 Å². The van der Waals surface area contributed by atoms with Gasteiger partial charge in [0.05, 0.1) is 5.70 Å². The van der Waals surface area contributed by atoms with Crippen molar-refractivity contribution >= 4 is 34.9 Å². The van der Waals surface area contributed by atoms with Crippen LogP contribution < -0.4 is 10.6 Å². The van der Waals surface area contributed by atoms with Crippen LogP contribution in [-0.2, 0) is 4.79 Å². The van der Waals surface area contributed by atoms with Crippen molar-refractivity contribution in [2.75, 3.05) is 0 Å². The molecule has 0 aromatic heterocycles. The van der Waals surface area contributed by atoms with Crippen LogP contribution in [0.2, 0.25) is 5.02 Å². The molecular weight excluding hydrogens is 400 g/mol. The molecule has 0 saturated heterocycles. The molecule has 2 N–H and O–H groups in total. The lowest BCUT2D eigenvalue weighted by atomic mass is 10.0. The molecule has 1 aliphatic carbocycles. The van der Waals surface area contributed by atoms with E-state index in [0.717, 1.165) is 25.7 Å². The van der Waals surface area contributed by atoms with Crippen LogP contribution in [0.1, 0.15) is 47.2 Å². The molecule has 6 nitrogen and oxygen atoms in total. The zero-order chi connectivity index (χ0) is 21.1. The Labute approximate surface area is 179 Å². The van der Waals surface area contributed by atoms with Crippen LogP contribution in [0.5, 0.6) is 0 Å². The lowest BCUT2D eigenvalue weighted by molar-refractivity contribution is -0.117. The largest absolute Gasteiger partial charge is 0.349 e. The lowest BCUT2D eigenvalue weighted by Gasteiger charge is -2.11. The van der Waals surface area contributed by atoms with Crippen molar-refractivity contribution in [2.45, 2.75) is 31.7 Å². The van der Waals surface area contributed by atoms with Gasteiger partial charge in [0.1, 0.15) is 17.5 Å². The summed E-state index contributed by atoms with van der Waals surface area (Å²) in [6.45, 7) is 0. The van der Waals surface area contributed by atoms with Gasteiger partial charge in [-0.15, -0.1) is 0 Å². The number of benzene rings is 2. The van der Waals surface area contributed by atoms with E-state index in [1.54, 1.807) is 42.5 Å². The Kier molecular flexibility index (Phi) is 5.64. The van der Waals surface area contributed by atoms with Gasteiger partial charge in [0.25, 0.3) is 11.8 Å². The van der Waals surface area contributed by atoms with Gasteiger partial charge in [0, 0.05) is 27.8 Å². The lowest BCUT2D eigenvalue weighted by Crippen LogP contribution is -2.33. The highest BCUT2D eigenvalue weighted by molar-refractivity contribution is 6.31. The zero-order valence-electron chi connectivity index (χ0n) is 16.1. The summed E-state index contributed by atoms with van der Waals surface area (Å²) in [6.07, 6.45) is 3.98. The Morgan fingerprint density at radius 3 is 2.50 bits per heavy atom. The first-order valence-electron chi connectivity index (χ1n) is 9.77. The molecule has 1 aliphatic heterocycles. The summed E-state index contributed by atoms with van der Waals surface area (Å²) in [7, 11) is 0. The SMILES string of the molecule is N#CC(C(=O)NC1CCCC1)=C1N=C(NC(=O)c2cccc(Cl)c2)c2ccccc21. The summed E-state index contributed by atoms with van der Waals surface area (Å²) < 4.78 is 0. The normalized spacial score (nSPS) is 17.0. The van der Waals surface area contributed by atoms with E-state index in [9.17, 15) is 14.9 Å². The first-order valence-corrected chi connectivity index (χ1v) is 10.1. The van der Waals surface area contributed by atoms with Gasteiger partial charge < -0.3 is 10.6 Å². The van der Waals surface area contributed by atoms with Crippen molar-refractivity contribution in [1.29, 1.82) is 5.26 Å². The molecule has 4 rings (SSSR count). The van der Waals surface area contributed by atoms with Crippen molar-refractivity contribution < 1.29 is 9.59 Å². The van der Waals surface area contributed by atoms with Crippen molar-refractivity contribution in [3.05, 3.63) is 75.8 Å².